The van der Waals surface area contributed by atoms with E-state index in [-0.39, 0.29) is 5.82 Å². The summed E-state index contributed by atoms with van der Waals surface area (Å²) in [6.45, 7) is 2.93. The molecular formula is C13H14BrFN4. The second-order valence-electron chi connectivity index (χ2n) is 3.97. The van der Waals surface area contributed by atoms with Crippen LogP contribution in [-0.2, 0) is 0 Å². The lowest BCUT2D eigenvalue weighted by Gasteiger charge is -2.08. The molecule has 0 saturated heterocycles. The Morgan fingerprint density at radius 1 is 1.26 bits per heavy atom. The molecule has 1 aromatic carbocycles. The summed E-state index contributed by atoms with van der Waals surface area (Å²) in [5.41, 5.74) is 0.746. The van der Waals surface area contributed by atoms with Crippen LogP contribution in [0, 0.1) is 5.82 Å². The van der Waals surface area contributed by atoms with Gasteiger partial charge in [-0.05, 0) is 40.5 Å². The van der Waals surface area contributed by atoms with E-state index in [1.807, 2.05) is 0 Å². The number of nitrogens with zero attached hydrogens (tertiary/aromatic N) is 2. The van der Waals surface area contributed by atoms with Crippen molar-refractivity contribution >= 4 is 33.3 Å². The Morgan fingerprint density at radius 3 is 2.79 bits per heavy atom. The van der Waals surface area contributed by atoms with Gasteiger partial charge in [-0.25, -0.2) is 9.37 Å². The number of aromatic nitrogens is 2. The zero-order valence-electron chi connectivity index (χ0n) is 10.5. The highest BCUT2D eigenvalue weighted by molar-refractivity contribution is 9.10. The predicted octanol–water partition coefficient (Wildman–Crippen LogP) is 3.94. The van der Waals surface area contributed by atoms with Crippen molar-refractivity contribution in [2.45, 2.75) is 13.3 Å². The molecule has 1 aromatic heterocycles. The van der Waals surface area contributed by atoms with Gasteiger partial charge in [0, 0.05) is 12.2 Å². The molecule has 0 aliphatic heterocycles. The zero-order chi connectivity index (χ0) is 13.7. The molecule has 0 atom stereocenters. The molecule has 0 aliphatic carbocycles. The second kappa shape index (κ2) is 6.47. The van der Waals surface area contributed by atoms with E-state index in [0.717, 1.165) is 18.7 Å². The summed E-state index contributed by atoms with van der Waals surface area (Å²) >= 11 is 3.14. The molecule has 0 saturated carbocycles. The van der Waals surface area contributed by atoms with Gasteiger partial charge in [0.05, 0.1) is 16.9 Å². The Labute approximate surface area is 119 Å². The monoisotopic (exact) mass is 324 g/mol. The number of rotatable bonds is 5. The van der Waals surface area contributed by atoms with E-state index in [1.165, 1.54) is 6.07 Å². The average molecular weight is 325 g/mol. The van der Waals surface area contributed by atoms with Crippen LogP contribution in [0.3, 0.4) is 0 Å². The summed E-state index contributed by atoms with van der Waals surface area (Å²) in [6.07, 6.45) is 4.31. The fraction of sp³-hybridized carbons (Fsp3) is 0.231. The normalized spacial score (nSPS) is 10.3. The van der Waals surface area contributed by atoms with Crippen LogP contribution < -0.4 is 10.6 Å². The third kappa shape index (κ3) is 3.89. The van der Waals surface area contributed by atoms with Crippen molar-refractivity contribution in [1.82, 2.24) is 9.97 Å². The molecule has 0 unspecified atom stereocenters. The highest BCUT2D eigenvalue weighted by Gasteiger charge is 2.02. The first-order valence-corrected chi connectivity index (χ1v) is 6.76. The Bertz CT molecular complexity index is 562. The Balaban J connectivity index is 2.11. The van der Waals surface area contributed by atoms with E-state index in [1.54, 1.807) is 24.5 Å². The van der Waals surface area contributed by atoms with Gasteiger partial charge in [0.15, 0.2) is 5.82 Å². The van der Waals surface area contributed by atoms with Crippen molar-refractivity contribution in [3.8, 4) is 0 Å². The van der Waals surface area contributed by atoms with Crippen molar-refractivity contribution in [2.75, 3.05) is 17.2 Å². The maximum absolute atomic E-state index is 13.1. The van der Waals surface area contributed by atoms with Crippen molar-refractivity contribution in [3.63, 3.8) is 0 Å². The lowest BCUT2D eigenvalue weighted by atomic mass is 10.3. The summed E-state index contributed by atoms with van der Waals surface area (Å²) in [5.74, 6) is 1.03. The van der Waals surface area contributed by atoms with Gasteiger partial charge in [-0.2, -0.15) is 0 Å². The van der Waals surface area contributed by atoms with Crippen LogP contribution in [0.1, 0.15) is 13.3 Å². The van der Waals surface area contributed by atoms with E-state index < -0.39 is 0 Å². The van der Waals surface area contributed by atoms with E-state index >= 15 is 0 Å². The molecule has 0 amide bonds. The molecule has 100 valence electrons. The molecule has 0 radical (unpaired) electrons. The first kappa shape index (κ1) is 13.7. The van der Waals surface area contributed by atoms with Crippen LogP contribution >= 0.6 is 15.9 Å². The molecule has 19 heavy (non-hydrogen) atoms. The Morgan fingerprint density at radius 2 is 2.05 bits per heavy atom. The van der Waals surface area contributed by atoms with E-state index in [0.29, 0.717) is 16.1 Å². The number of nitrogens with one attached hydrogen (secondary N) is 2. The van der Waals surface area contributed by atoms with Gasteiger partial charge >= 0.3 is 0 Å². The van der Waals surface area contributed by atoms with Gasteiger partial charge in [-0.1, -0.05) is 6.92 Å². The minimum atomic E-state index is -0.296. The van der Waals surface area contributed by atoms with E-state index in [2.05, 4.69) is 43.5 Å². The highest BCUT2D eigenvalue weighted by Crippen LogP contribution is 2.22. The van der Waals surface area contributed by atoms with Gasteiger partial charge in [-0.3, -0.25) is 4.98 Å². The lowest BCUT2D eigenvalue weighted by Crippen LogP contribution is -2.04. The smallest absolute Gasteiger partial charge is 0.151 e. The first-order valence-electron chi connectivity index (χ1n) is 5.97. The molecule has 4 nitrogen and oxygen atoms in total. The standard InChI is InChI=1S/C13H14BrFN4/c1-2-5-17-12-7-16-8-13(19-12)18-9-3-4-11(15)10(14)6-9/h3-4,6-8H,2,5H2,1H3,(H2,17,18,19). The van der Waals surface area contributed by atoms with Crippen molar-refractivity contribution in [1.29, 1.82) is 0 Å². The largest absolute Gasteiger partial charge is 0.369 e. The summed E-state index contributed by atoms with van der Waals surface area (Å²) < 4.78 is 13.5. The van der Waals surface area contributed by atoms with Crippen LogP contribution in [0.25, 0.3) is 0 Å². The van der Waals surface area contributed by atoms with Gasteiger partial charge in [0.1, 0.15) is 11.6 Å². The van der Waals surface area contributed by atoms with Gasteiger partial charge in [-0.15, -0.1) is 0 Å². The van der Waals surface area contributed by atoms with Crippen LogP contribution in [0.5, 0.6) is 0 Å². The van der Waals surface area contributed by atoms with Crippen molar-refractivity contribution in [3.05, 3.63) is 40.9 Å². The van der Waals surface area contributed by atoms with Gasteiger partial charge in [0.2, 0.25) is 0 Å². The molecule has 2 N–H and O–H groups in total. The molecule has 0 aliphatic rings. The SMILES string of the molecule is CCCNc1cncc(Nc2ccc(F)c(Br)c2)n1. The van der Waals surface area contributed by atoms with Crippen LogP contribution in [0.15, 0.2) is 35.1 Å². The fourth-order valence-corrected chi connectivity index (χ4v) is 1.87. The third-order valence-electron chi connectivity index (χ3n) is 2.38. The quantitative estimate of drug-likeness (QED) is 0.874. The third-order valence-corrected chi connectivity index (χ3v) is 2.99. The van der Waals surface area contributed by atoms with Crippen LogP contribution in [0.2, 0.25) is 0 Å². The summed E-state index contributed by atoms with van der Waals surface area (Å²) in [5, 5.41) is 6.24. The van der Waals surface area contributed by atoms with Gasteiger partial charge < -0.3 is 10.6 Å². The van der Waals surface area contributed by atoms with Crippen molar-refractivity contribution < 1.29 is 4.39 Å². The van der Waals surface area contributed by atoms with Gasteiger partial charge in [0.25, 0.3) is 0 Å². The molecule has 0 spiro atoms. The minimum Gasteiger partial charge on any atom is -0.369 e. The fourth-order valence-electron chi connectivity index (χ4n) is 1.49. The lowest BCUT2D eigenvalue weighted by molar-refractivity contribution is 0.621. The molecular weight excluding hydrogens is 311 g/mol. The van der Waals surface area contributed by atoms with Crippen LogP contribution in [0.4, 0.5) is 21.7 Å². The number of hydrogen-bond acceptors (Lipinski definition) is 4. The number of hydrogen-bond donors (Lipinski definition) is 2. The molecule has 2 rings (SSSR count). The number of anilines is 3. The average Bonchev–Trinajstić information content (AvgIpc) is 2.41. The first-order chi connectivity index (χ1) is 9.19. The second-order valence-corrected chi connectivity index (χ2v) is 4.82. The number of halogens is 2. The molecule has 0 fully saturated rings. The summed E-state index contributed by atoms with van der Waals surface area (Å²) in [4.78, 5) is 8.46. The minimum absolute atomic E-state index is 0.296. The molecule has 0 bridgehead atoms. The topological polar surface area (TPSA) is 49.8 Å². The maximum atomic E-state index is 13.1. The van der Waals surface area contributed by atoms with E-state index in [9.17, 15) is 4.39 Å². The maximum Gasteiger partial charge on any atom is 0.151 e. The number of benzene rings is 1. The highest BCUT2D eigenvalue weighted by atomic mass is 79.9. The molecule has 6 heteroatoms. The Kier molecular flexibility index (Phi) is 4.68. The summed E-state index contributed by atoms with van der Waals surface area (Å²) in [7, 11) is 0. The molecule has 1 heterocycles. The van der Waals surface area contributed by atoms with Crippen LogP contribution in [-0.4, -0.2) is 16.5 Å². The molecule has 2 aromatic rings. The zero-order valence-corrected chi connectivity index (χ0v) is 12.0. The van der Waals surface area contributed by atoms with E-state index in [4.69, 9.17) is 0 Å². The predicted molar refractivity (Wildman–Crippen MR) is 78.2 cm³/mol. The Hall–Kier alpha value is -1.69. The summed E-state index contributed by atoms with van der Waals surface area (Å²) in [6, 6.07) is 4.69. The van der Waals surface area contributed by atoms with Crippen molar-refractivity contribution in [2.24, 2.45) is 0 Å².